The number of nitrogens with zero attached hydrogens (tertiary/aromatic N) is 1. The molecule has 2 aromatic rings. The van der Waals surface area contributed by atoms with Crippen LogP contribution in [0.3, 0.4) is 0 Å². The zero-order valence-corrected chi connectivity index (χ0v) is 13.6. The highest BCUT2D eigenvalue weighted by Gasteiger charge is 2.35. The molecule has 0 aliphatic rings. The molecule has 2 aromatic carbocycles. The van der Waals surface area contributed by atoms with Crippen molar-refractivity contribution in [3.05, 3.63) is 75.3 Å². The van der Waals surface area contributed by atoms with Gasteiger partial charge in [-0.1, -0.05) is 30.3 Å². The van der Waals surface area contributed by atoms with Gasteiger partial charge in [-0.3, -0.25) is 14.9 Å². The van der Waals surface area contributed by atoms with Gasteiger partial charge in [0.2, 0.25) is 0 Å². The minimum absolute atomic E-state index is 0.0271. The van der Waals surface area contributed by atoms with Gasteiger partial charge < -0.3 is 10.4 Å². The second kappa shape index (κ2) is 7.85. The molecule has 7 nitrogen and oxygen atoms in total. The number of hydrogen-bond acceptors (Lipinski definition) is 4. The van der Waals surface area contributed by atoms with E-state index in [1.54, 1.807) is 0 Å². The van der Waals surface area contributed by atoms with Gasteiger partial charge in [0, 0.05) is 18.1 Å². The second-order valence-corrected chi connectivity index (χ2v) is 5.50. The number of amides is 1. The van der Waals surface area contributed by atoms with E-state index >= 15 is 0 Å². The number of carboxylic acids is 1. The summed E-state index contributed by atoms with van der Waals surface area (Å²) < 4.78 is 39.1. The lowest BCUT2D eigenvalue weighted by Gasteiger charge is -2.17. The fraction of sp³-hybridized carbons (Fsp3) is 0.176. The average Bonchev–Trinajstić information content (AvgIpc) is 2.60. The first kappa shape index (κ1) is 19.9. The van der Waals surface area contributed by atoms with Gasteiger partial charge in [-0.2, -0.15) is 13.2 Å². The van der Waals surface area contributed by atoms with Crippen molar-refractivity contribution in [1.82, 2.24) is 5.32 Å². The molecule has 0 fully saturated rings. The fourth-order valence-electron chi connectivity index (χ4n) is 2.45. The summed E-state index contributed by atoms with van der Waals surface area (Å²) >= 11 is 0. The van der Waals surface area contributed by atoms with Gasteiger partial charge in [0.1, 0.15) is 6.04 Å². The van der Waals surface area contributed by atoms with Crippen molar-refractivity contribution in [3.63, 3.8) is 0 Å². The van der Waals surface area contributed by atoms with E-state index in [4.69, 9.17) is 0 Å². The highest BCUT2D eigenvalue weighted by atomic mass is 19.4. The average molecular weight is 382 g/mol. The van der Waals surface area contributed by atoms with Gasteiger partial charge >= 0.3 is 12.1 Å². The van der Waals surface area contributed by atoms with Crippen molar-refractivity contribution in [2.45, 2.75) is 18.6 Å². The maximum atomic E-state index is 13.0. The van der Waals surface area contributed by atoms with E-state index in [9.17, 15) is 38.0 Å². The molecule has 0 aromatic heterocycles. The Bertz CT molecular complexity index is 883. The first-order valence-corrected chi connectivity index (χ1v) is 7.53. The summed E-state index contributed by atoms with van der Waals surface area (Å²) in [5.41, 5.74) is -2.27. The minimum atomic E-state index is -4.80. The first-order valence-electron chi connectivity index (χ1n) is 7.53. The predicted octanol–water partition coefficient (Wildman–Crippen LogP) is 3.04. The number of para-hydroxylation sites is 1. The van der Waals surface area contributed by atoms with Crippen molar-refractivity contribution >= 4 is 17.6 Å². The number of carboxylic acid groups (broad SMARTS) is 1. The number of alkyl halides is 3. The fourth-order valence-corrected chi connectivity index (χ4v) is 2.45. The Morgan fingerprint density at radius 1 is 1.11 bits per heavy atom. The number of carbonyl (C=O) groups excluding carboxylic acids is 1. The molecule has 0 unspecified atom stereocenters. The monoisotopic (exact) mass is 382 g/mol. The number of nitrogens with one attached hydrogen (secondary N) is 1. The number of hydrogen-bond donors (Lipinski definition) is 2. The molecular formula is C17H13F3N2O5. The quantitative estimate of drug-likeness (QED) is 0.590. The smallest absolute Gasteiger partial charge is 0.417 e. The molecule has 1 atom stereocenters. The molecule has 0 saturated heterocycles. The lowest BCUT2D eigenvalue weighted by molar-refractivity contribution is -0.385. The van der Waals surface area contributed by atoms with E-state index in [0.717, 1.165) is 18.2 Å². The molecule has 0 aliphatic heterocycles. The van der Waals surface area contributed by atoms with Crippen molar-refractivity contribution in [3.8, 4) is 0 Å². The Hall–Kier alpha value is -3.43. The highest BCUT2D eigenvalue weighted by molar-refractivity contribution is 5.98. The number of benzene rings is 2. The van der Waals surface area contributed by atoms with Gasteiger partial charge in [0.05, 0.1) is 16.1 Å². The van der Waals surface area contributed by atoms with Crippen molar-refractivity contribution < 1.29 is 32.8 Å². The molecule has 0 radical (unpaired) electrons. The van der Waals surface area contributed by atoms with E-state index in [1.165, 1.54) is 24.3 Å². The van der Waals surface area contributed by atoms with Crippen LogP contribution in [0.5, 0.6) is 0 Å². The van der Waals surface area contributed by atoms with Crippen LogP contribution in [-0.2, 0) is 17.4 Å². The Labute approximate surface area is 150 Å². The Balaban J connectivity index is 2.30. The summed E-state index contributed by atoms with van der Waals surface area (Å²) in [6, 6.07) is 7.58. The van der Waals surface area contributed by atoms with E-state index in [1.807, 2.05) is 5.32 Å². The maximum absolute atomic E-state index is 13.0. The molecule has 0 heterocycles. The molecule has 1 amide bonds. The molecule has 0 spiro atoms. The number of nitro benzene ring substituents is 1. The molecule has 2 rings (SSSR count). The van der Waals surface area contributed by atoms with Gasteiger partial charge in [-0.25, -0.2) is 4.79 Å². The number of rotatable bonds is 6. The van der Waals surface area contributed by atoms with Crippen molar-refractivity contribution in [2.75, 3.05) is 0 Å². The molecule has 0 aliphatic carbocycles. The van der Waals surface area contributed by atoms with E-state index in [-0.39, 0.29) is 11.3 Å². The highest BCUT2D eigenvalue weighted by Crippen LogP contribution is 2.31. The van der Waals surface area contributed by atoms with E-state index < -0.39 is 46.6 Å². The molecular weight excluding hydrogens is 369 g/mol. The van der Waals surface area contributed by atoms with Crippen LogP contribution < -0.4 is 5.32 Å². The number of aliphatic carboxylic acids is 1. The SMILES string of the molecule is O=C(N[C@H](Cc1ccccc1[N+](=O)[O-])C(=O)O)c1ccccc1C(F)(F)F. The zero-order chi connectivity index (χ0) is 20.2. The van der Waals surface area contributed by atoms with Crippen molar-refractivity contribution in [2.24, 2.45) is 0 Å². The third kappa shape index (κ3) is 4.81. The molecule has 27 heavy (non-hydrogen) atoms. The van der Waals surface area contributed by atoms with Crippen LogP contribution in [0.25, 0.3) is 0 Å². The van der Waals surface area contributed by atoms with Crippen LogP contribution in [0.15, 0.2) is 48.5 Å². The Morgan fingerprint density at radius 3 is 2.30 bits per heavy atom. The first-order chi connectivity index (χ1) is 12.6. The summed E-state index contributed by atoms with van der Waals surface area (Å²) in [5.74, 6) is -2.78. The van der Waals surface area contributed by atoms with Gasteiger partial charge in [0.15, 0.2) is 0 Å². The Morgan fingerprint density at radius 2 is 1.70 bits per heavy atom. The van der Waals surface area contributed by atoms with Crippen LogP contribution in [0.2, 0.25) is 0 Å². The van der Waals surface area contributed by atoms with Crippen LogP contribution in [-0.4, -0.2) is 27.9 Å². The standard InChI is InChI=1S/C17H13F3N2O5/c18-17(19,20)12-7-3-2-6-11(12)15(23)21-13(16(24)25)9-10-5-1-4-8-14(10)22(26)27/h1-8,13H,9H2,(H,21,23)(H,24,25)/t13-/m1/s1. The maximum Gasteiger partial charge on any atom is 0.417 e. The van der Waals surface area contributed by atoms with Gasteiger partial charge in [0.25, 0.3) is 11.6 Å². The summed E-state index contributed by atoms with van der Waals surface area (Å²) in [7, 11) is 0. The molecule has 0 bridgehead atoms. The molecule has 0 saturated carbocycles. The predicted molar refractivity (Wildman–Crippen MR) is 87.1 cm³/mol. The number of halogens is 3. The van der Waals surface area contributed by atoms with E-state index in [2.05, 4.69) is 0 Å². The lowest BCUT2D eigenvalue weighted by atomic mass is 10.0. The number of nitro groups is 1. The molecule has 142 valence electrons. The second-order valence-electron chi connectivity index (χ2n) is 5.50. The van der Waals surface area contributed by atoms with Crippen LogP contribution in [0.4, 0.5) is 18.9 Å². The topological polar surface area (TPSA) is 110 Å². The van der Waals surface area contributed by atoms with Crippen LogP contribution in [0.1, 0.15) is 21.5 Å². The summed E-state index contributed by atoms with van der Waals surface area (Å²) in [6.07, 6.45) is -5.27. The summed E-state index contributed by atoms with van der Waals surface area (Å²) in [4.78, 5) is 34.0. The largest absolute Gasteiger partial charge is 0.480 e. The summed E-state index contributed by atoms with van der Waals surface area (Å²) in [5, 5.41) is 22.3. The normalized spacial score (nSPS) is 12.3. The molecule has 2 N–H and O–H groups in total. The Kier molecular flexibility index (Phi) is 5.78. The van der Waals surface area contributed by atoms with Crippen molar-refractivity contribution in [1.29, 1.82) is 0 Å². The molecule has 10 heteroatoms. The van der Waals surface area contributed by atoms with Gasteiger partial charge in [-0.05, 0) is 12.1 Å². The minimum Gasteiger partial charge on any atom is -0.480 e. The van der Waals surface area contributed by atoms with Crippen LogP contribution >= 0.6 is 0 Å². The van der Waals surface area contributed by atoms with Crippen LogP contribution in [0, 0.1) is 10.1 Å². The van der Waals surface area contributed by atoms with Gasteiger partial charge in [-0.15, -0.1) is 0 Å². The third-order valence-corrected chi connectivity index (χ3v) is 3.69. The number of carbonyl (C=O) groups is 2. The van der Waals surface area contributed by atoms with E-state index in [0.29, 0.717) is 6.07 Å². The summed E-state index contributed by atoms with van der Waals surface area (Å²) in [6.45, 7) is 0. The lowest BCUT2D eigenvalue weighted by Crippen LogP contribution is -2.43. The third-order valence-electron chi connectivity index (χ3n) is 3.69. The zero-order valence-electron chi connectivity index (χ0n) is 13.6.